The number of carboxylic acid groups (broad SMARTS) is 1. The molecule has 2 atom stereocenters. The van der Waals surface area contributed by atoms with Crippen molar-refractivity contribution >= 4 is 34.5 Å². The van der Waals surface area contributed by atoms with Crippen molar-refractivity contribution in [1.82, 2.24) is 15.4 Å². The van der Waals surface area contributed by atoms with Crippen molar-refractivity contribution in [2.24, 2.45) is 5.92 Å². The van der Waals surface area contributed by atoms with Crippen LogP contribution >= 0.6 is 0 Å². The third-order valence-corrected chi connectivity index (χ3v) is 6.24. The maximum Gasteiger partial charge on any atom is 0.305 e. The van der Waals surface area contributed by atoms with Crippen LogP contribution in [0, 0.1) is 30.3 Å². The molecule has 1 aliphatic rings. The number of Topliss-reactive ketones (excluding diaryl/α,β-unsaturated/α-hetero) is 1. The van der Waals surface area contributed by atoms with Gasteiger partial charge in [0.05, 0.1) is 30.9 Å². The summed E-state index contributed by atoms with van der Waals surface area (Å²) in [5.74, 6) is -10.2. The molecule has 4 rings (SSSR count). The largest absolute Gasteiger partial charge is 0.481 e. The molecule has 0 unspecified atom stereocenters. The number of hydrogen-bond donors (Lipinski definition) is 2. The highest BCUT2D eigenvalue weighted by Gasteiger charge is 2.33. The summed E-state index contributed by atoms with van der Waals surface area (Å²) >= 11 is 0. The molecule has 0 saturated carbocycles. The normalized spacial score (nSPS) is 16.3. The molecule has 0 radical (unpaired) electrons. The van der Waals surface area contributed by atoms with Gasteiger partial charge in [0.15, 0.2) is 34.4 Å². The van der Waals surface area contributed by atoms with Crippen LogP contribution in [0.4, 0.5) is 13.2 Å². The molecule has 1 aliphatic heterocycles. The Balaban J connectivity index is 1.45. The van der Waals surface area contributed by atoms with E-state index < -0.39 is 71.8 Å². The van der Waals surface area contributed by atoms with E-state index in [-0.39, 0.29) is 37.6 Å². The molecule has 1 saturated heterocycles. The first-order valence-electron chi connectivity index (χ1n) is 12.1. The van der Waals surface area contributed by atoms with Crippen molar-refractivity contribution in [2.45, 2.75) is 19.4 Å². The standard InChI is InChI=1S/C26H24F3N3O8/c1-13-8-16(27)22(29)24(21(13)28)39-12-18(33)17(9-20(34)35)30-25(36)14-10-32(6-7-38-11-14)26(37)23-15-4-2-3-5-19(15)40-31-23/h2-5,8,14,17H,6-7,9-12H2,1H3,(H,30,36)(H,34,35)/t14-,17-/m0/s1. The lowest BCUT2D eigenvalue weighted by atomic mass is 10.1. The van der Waals surface area contributed by atoms with Crippen molar-refractivity contribution in [1.29, 1.82) is 0 Å². The Morgan fingerprint density at radius 2 is 1.95 bits per heavy atom. The van der Waals surface area contributed by atoms with Crippen LogP contribution in [0.25, 0.3) is 11.0 Å². The van der Waals surface area contributed by atoms with Gasteiger partial charge in [0.2, 0.25) is 11.7 Å². The number of nitrogens with zero attached hydrogens (tertiary/aromatic N) is 2. The average molecular weight is 563 g/mol. The highest BCUT2D eigenvalue weighted by molar-refractivity contribution is 6.04. The molecule has 40 heavy (non-hydrogen) atoms. The molecule has 1 fully saturated rings. The summed E-state index contributed by atoms with van der Waals surface area (Å²) in [6.07, 6.45) is -0.873. The minimum absolute atomic E-state index is 0.0415. The second kappa shape index (κ2) is 12.2. The van der Waals surface area contributed by atoms with Crippen molar-refractivity contribution in [2.75, 3.05) is 32.9 Å². The lowest BCUT2D eigenvalue weighted by Gasteiger charge is -2.24. The van der Waals surface area contributed by atoms with Crippen LogP contribution in [0.5, 0.6) is 5.75 Å². The number of aromatic nitrogens is 1. The van der Waals surface area contributed by atoms with Crippen molar-refractivity contribution in [3.05, 3.63) is 59.0 Å². The van der Waals surface area contributed by atoms with Gasteiger partial charge < -0.3 is 29.3 Å². The summed E-state index contributed by atoms with van der Waals surface area (Å²) in [5.41, 5.74) is 0.166. The average Bonchev–Trinajstić information content (AvgIpc) is 3.19. The van der Waals surface area contributed by atoms with Crippen LogP contribution in [-0.4, -0.2) is 77.7 Å². The predicted molar refractivity (Wildman–Crippen MR) is 130 cm³/mol. The number of ether oxygens (including phenoxy) is 2. The minimum Gasteiger partial charge on any atom is -0.481 e. The van der Waals surface area contributed by atoms with Gasteiger partial charge in [-0.15, -0.1) is 0 Å². The zero-order valence-corrected chi connectivity index (χ0v) is 21.1. The number of carboxylic acids is 1. The number of halogens is 3. The zero-order chi connectivity index (χ0) is 29.0. The molecule has 1 aromatic heterocycles. The fourth-order valence-electron chi connectivity index (χ4n) is 4.12. The van der Waals surface area contributed by atoms with E-state index in [4.69, 9.17) is 14.0 Å². The van der Waals surface area contributed by atoms with Crippen LogP contribution in [0.3, 0.4) is 0 Å². The SMILES string of the molecule is Cc1cc(F)c(F)c(OCC(=O)[C@H](CC(=O)O)NC(=O)[C@@H]2COCCN(C(=O)c3noc4ccccc34)C2)c1F. The van der Waals surface area contributed by atoms with Gasteiger partial charge in [-0.2, -0.15) is 4.39 Å². The molecular weight excluding hydrogens is 539 g/mol. The van der Waals surface area contributed by atoms with Gasteiger partial charge in [-0.1, -0.05) is 17.3 Å². The molecule has 2 heterocycles. The fourth-order valence-corrected chi connectivity index (χ4v) is 4.12. The van der Waals surface area contributed by atoms with Gasteiger partial charge in [-0.3, -0.25) is 19.2 Å². The molecule has 2 aromatic carbocycles. The van der Waals surface area contributed by atoms with Gasteiger partial charge in [0.25, 0.3) is 5.91 Å². The van der Waals surface area contributed by atoms with E-state index in [1.54, 1.807) is 24.3 Å². The zero-order valence-electron chi connectivity index (χ0n) is 21.1. The second-order valence-corrected chi connectivity index (χ2v) is 9.10. The number of nitrogens with one attached hydrogen (secondary N) is 1. The summed E-state index contributed by atoms with van der Waals surface area (Å²) in [6, 6.07) is 5.68. The molecule has 0 spiro atoms. The fraction of sp³-hybridized carbons (Fsp3) is 0.346. The summed E-state index contributed by atoms with van der Waals surface area (Å²) in [7, 11) is 0. The highest BCUT2D eigenvalue weighted by atomic mass is 19.2. The molecule has 0 aliphatic carbocycles. The summed E-state index contributed by atoms with van der Waals surface area (Å²) in [5, 5.41) is 15.9. The number of aliphatic carboxylic acids is 1. The van der Waals surface area contributed by atoms with Crippen LogP contribution in [0.15, 0.2) is 34.9 Å². The molecule has 11 nitrogen and oxygen atoms in total. The summed E-state index contributed by atoms with van der Waals surface area (Å²) < 4.78 is 57.4. The van der Waals surface area contributed by atoms with E-state index in [9.17, 15) is 37.5 Å². The van der Waals surface area contributed by atoms with Gasteiger partial charge >= 0.3 is 5.97 Å². The summed E-state index contributed by atoms with van der Waals surface area (Å²) in [6.45, 7) is 0.0436. The molecule has 2 N–H and O–H groups in total. The Morgan fingerprint density at radius 1 is 1.20 bits per heavy atom. The molecule has 14 heteroatoms. The number of carbonyl (C=O) groups excluding carboxylic acids is 3. The number of amides is 2. The molecule has 2 amide bonds. The maximum atomic E-state index is 14.2. The number of para-hydroxylation sites is 1. The number of rotatable bonds is 9. The lowest BCUT2D eigenvalue weighted by Crippen LogP contribution is -2.49. The Labute approximate surface area is 224 Å². The smallest absolute Gasteiger partial charge is 0.305 e. The van der Waals surface area contributed by atoms with E-state index in [1.807, 2.05) is 0 Å². The number of aryl methyl sites for hydroxylation is 1. The second-order valence-electron chi connectivity index (χ2n) is 9.10. The topological polar surface area (TPSA) is 148 Å². The van der Waals surface area contributed by atoms with E-state index in [2.05, 4.69) is 10.5 Å². The van der Waals surface area contributed by atoms with Gasteiger partial charge in [-0.05, 0) is 30.7 Å². The van der Waals surface area contributed by atoms with Gasteiger partial charge in [-0.25, -0.2) is 8.78 Å². The number of benzene rings is 2. The van der Waals surface area contributed by atoms with E-state index in [0.29, 0.717) is 17.0 Å². The predicted octanol–water partition coefficient (Wildman–Crippen LogP) is 2.25. The first-order chi connectivity index (χ1) is 19.1. The van der Waals surface area contributed by atoms with E-state index in [1.165, 1.54) is 4.90 Å². The Morgan fingerprint density at radius 3 is 2.70 bits per heavy atom. The van der Waals surface area contributed by atoms with Crippen molar-refractivity contribution in [3.63, 3.8) is 0 Å². The van der Waals surface area contributed by atoms with Crippen LogP contribution < -0.4 is 10.1 Å². The Bertz CT molecular complexity index is 1430. The minimum atomic E-state index is -1.66. The van der Waals surface area contributed by atoms with E-state index in [0.717, 1.165) is 6.92 Å². The van der Waals surface area contributed by atoms with Crippen LogP contribution in [-0.2, 0) is 19.1 Å². The van der Waals surface area contributed by atoms with Gasteiger partial charge in [0.1, 0.15) is 12.6 Å². The van der Waals surface area contributed by atoms with Crippen molar-refractivity contribution < 1.29 is 51.5 Å². The number of hydrogen-bond acceptors (Lipinski definition) is 8. The van der Waals surface area contributed by atoms with Crippen LogP contribution in [0.2, 0.25) is 0 Å². The first kappa shape index (κ1) is 28.5. The molecular formula is C26H24F3N3O8. The Hall–Kier alpha value is -4.46. The quantitative estimate of drug-likeness (QED) is 0.374. The van der Waals surface area contributed by atoms with Gasteiger partial charge in [0, 0.05) is 13.1 Å². The van der Waals surface area contributed by atoms with E-state index >= 15 is 0 Å². The molecule has 212 valence electrons. The lowest BCUT2D eigenvalue weighted by molar-refractivity contribution is -0.141. The number of ketones is 1. The molecule has 0 bridgehead atoms. The maximum absolute atomic E-state index is 14.2. The highest BCUT2D eigenvalue weighted by Crippen LogP contribution is 2.27. The first-order valence-corrected chi connectivity index (χ1v) is 12.1. The number of carbonyl (C=O) groups is 4. The van der Waals surface area contributed by atoms with Crippen LogP contribution in [0.1, 0.15) is 22.5 Å². The molecule has 3 aromatic rings. The van der Waals surface area contributed by atoms with Crippen molar-refractivity contribution in [3.8, 4) is 5.75 Å². The third kappa shape index (κ3) is 6.22. The number of fused-ring (bicyclic) bond motifs is 1. The Kier molecular flexibility index (Phi) is 8.67. The third-order valence-electron chi connectivity index (χ3n) is 6.24. The summed E-state index contributed by atoms with van der Waals surface area (Å²) in [4.78, 5) is 51.7. The monoisotopic (exact) mass is 563 g/mol.